The number of carbonyl (C=O) groups excluding carboxylic acids is 2. The van der Waals surface area contributed by atoms with Gasteiger partial charge in [-0.25, -0.2) is 4.98 Å². The zero-order valence-electron chi connectivity index (χ0n) is 15.7. The van der Waals surface area contributed by atoms with Gasteiger partial charge in [0, 0.05) is 33.3 Å². The lowest BCUT2D eigenvalue weighted by Gasteiger charge is -2.27. The smallest absolute Gasteiger partial charge is 0.290 e. The Hall–Kier alpha value is -2.42. The van der Waals surface area contributed by atoms with Crippen molar-refractivity contribution in [2.75, 3.05) is 33.4 Å². The summed E-state index contributed by atoms with van der Waals surface area (Å²) in [6.45, 7) is 3.05. The Morgan fingerprint density at radius 3 is 2.74 bits per heavy atom. The lowest BCUT2D eigenvalue weighted by Crippen LogP contribution is -2.38. The predicted octanol–water partition coefficient (Wildman–Crippen LogP) is 0.535. The molecule has 27 heavy (non-hydrogen) atoms. The lowest BCUT2D eigenvalue weighted by atomic mass is 9.96. The fourth-order valence-corrected chi connectivity index (χ4v) is 3.53. The molecule has 1 fully saturated rings. The Bertz CT molecular complexity index is 640. The normalized spacial score (nSPS) is 18.7. The van der Waals surface area contributed by atoms with E-state index in [0.717, 1.165) is 44.5 Å². The highest BCUT2D eigenvalue weighted by Crippen LogP contribution is 2.24. The van der Waals surface area contributed by atoms with Gasteiger partial charge < -0.3 is 24.6 Å². The molecule has 0 aliphatic carbocycles. The molecule has 9 heteroatoms. The SMILES string of the molecule is COCCNC(=O)C1CCc2c(C(=O)N3CCCCC3)ncn2C1.O=CO. The topological polar surface area (TPSA) is 114 Å². The highest BCUT2D eigenvalue weighted by molar-refractivity contribution is 5.93. The van der Waals surface area contributed by atoms with Crippen LogP contribution in [0.1, 0.15) is 41.9 Å². The van der Waals surface area contributed by atoms with Gasteiger partial charge in [-0.15, -0.1) is 0 Å². The monoisotopic (exact) mass is 380 g/mol. The van der Waals surface area contributed by atoms with E-state index in [2.05, 4.69) is 10.3 Å². The van der Waals surface area contributed by atoms with Gasteiger partial charge in [0.25, 0.3) is 12.4 Å². The van der Waals surface area contributed by atoms with Crippen LogP contribution in [0.4, 0.5) is 0 Å². The van der Waals surface area contributed by atoms with Gasteiger partial charge in [-0.3, -0.25) is 14.4 Å². The van der Waals surface area contributed by atoms with Crippen LogP contribution in [0.15, 0.2) is 6.33 Å². The number of piperidine rings is 1. The van der Waals surface area contributed by atoms with E-state index in [1.165, 1.54) is 6.42 Å². The van der Waals surface area contributed by atoms with E-state index in [-0.39, 0.29) is 24.2 Å². The van der Waals surface area contributed by atoms with Gasteiger partial charge in [0.15, 0.2) is 0 Å². The zero-order chi connectivity index (χ0) is 19.6. The second-order valence-corrected chi connectivity index (χ2v) is 6.67. The number of likely N-dealkylation sites (tertiary alicyclic amines) is 1. The first kappa shape index (κ1) is 20.9. The average Bonchev–Trinajstić information content (AvgIpc) is 3.12. The molecule has 2 amide bonds. The van der Waals surface area contributed by atoms with Gasteiger partial charge in [-0.05, 0) is 32.1 Å². The van der Waals surface area contributed by atoms with E-state index in [1.54, 1.807) is 13.4 Å². The van der Waals surface area contributed by atoms with Gasteiger partial charge >= 0.3 is 0 Å². The summed E-state index contributed by atoms with van der Waals surface area (Å²) in [6, 6.07) is 0. The van der Waals surface area contributed by atoms with Gasteiger partial charge in [0.05, 0.1) is 24.5 Å². The van der Waals surface area contributed by atoms with E-state index < -0.39 is 0 Å². The minimum absolute atomic E-state index is 0.0476. The molecular weight excluding hydrogens is 352 g/mol. The zero-order valence-corrected chi connectivity index (χ0v) is 15.7. The molecule has 0 radical (unpaired) electrons. The van der Waals surface area contributed by atoms with Gasteiger partial charge in [0.1, 0.15) is 5.69 Å². The van der Waals surface area contributed by atoms with Crippen LogP contribution in [-0.2, 0) is 27.3 Å². The number of carbonyl (C=O) groups is 3. The van der Waals surface area contributed by atoms with Crippen molar-refractivity contribution in [1.29, 1.82) is 0 Å². The molecule has 2 aliphatic heterocycles. The number of rotatable bonds is 5. The van der Waals surface area contributed by atoms with Crippen molar-refractivity contribution in [1.82, 2.24) is 19.8 Å². The Labute approximate surface area is 158 Å². The largest absolute Gasteiger partial charge is 0.483 e. The molecule has 150 valence electrons. The number of nitrogens with one attached hydrogen (secondary N) is 1. The Morgan fingerprint density at radius 2 is 2.07 bits per heavy atom. The molecule has 2 aliphatic rings. The predicted molar refractivity (Wildman–Crippen MR) is 97.4 cm³/mol. The molecule has 1 atom stereocenters. The minimum Gasteiger partial charge on any atom is -0.483 e. The fraction of sp³-hybridized carbons (Fsp3) is 0.667. The molecule has 1 aromatic heterocycles. The molecular formula is C18H28N4O5. The summed E-state index contributed by atoms with van der Waals surface area (Å²) in [4.78, 5) is 39.5. The molecule has 3 rings (SSSR count). The maximum absolute atomic E-state index is 12.7. The summed E-state index contributed by atoms with van der Waals surface area (Å²) in [5.41, 5.74) is 1.56. The van der Waals surface area contributed by atoms with E-state index in [9.17, 15) is 9.59 Å². The molecule has 1 aromatic rings. The first-order valence-electron chi connectivity index (χ1n) is 9.30. The van der Waals surface area contributed by atoms with Crippen LogP contribution in [-0.4, -0.2) is 71.2 Å². The number of imidazole rings is 1. The highest BCUT2D eigenvalue weighted by atomic mass is 16.5. The summed E-state index contributed by atoms with van der Waals surface area (Å²) < 4.78 is 6.92. The van der Waals surface area contributed by atoms with Crippen LogP contribution >= 0.6 is 0 Å². The van der Waals surface area contributed by atoms with E-state index in [1.807, 2.05) is 9.47 Å². The number of carboxylic acid groups (broad SMARTS) is 1. The van der Waals surface area contributed by atoms with Crippen LogP contribution in [0.2, 0.25) is 0 Å². The van der Waals surface area contributed by atoms with Crippen molar-refractivity contribution in [2.24, 2.45) is 5.92 Å². The van der Waals surface area contributed by atoms with Gasteiger partial charge in [-0.2, -0.15) is 0 Å². The molecule has 3 heterocycles. The maximum Gasteiger partial charge on any atom is 0.290 e. The van der Waals surface area contributed by atoms with Crippen molar-refractivity contribution in [3.63, 3.8) is 0 Å². The van der Waals surface area contributed by atoms with Crippen LogP contribution in [0, 0.1) is 5.92 Å². The molecule has 0 bridgehead atoms. The van der Waals surface area contributed by atoms with Crippen molar-refractivity contribution in [2.45, 2.75) is 38.6 Å². The summed E-state index contributed by atoms with van der Waals surface area (Å²) in [5, 5.41) is 9.78. The molecule has 9 nitrogen and oxygen atoms in total. The second-order valence-electron chi connectivity index (χ2n) is 6.67. The fourth-order valence-electron chi connectivity index (χ4n) is 3.53. The first-order chi connectivity index (χ1) is 13.1. The van der Waals surface area contributed by atoms with E-state index in [0.29, 0.717) is 25.4 Å². The van der Waals surface area contributed by atoms with Crippen molar-refractivity contribution in [3.8, 4) is 0 Å². The van der Waals surface area contributed by atoms with Crippen molar-refractivity contribution >= 4 is 18.3 Å². The second kappa shape index (κ2) is 10.7. The quantitative estimate of drug-likeness (QED) is 0.569. The number of amides is 2. The third-order valence-electron chi connectivity index (χ3n) is 4.92. The van der Waals surface area contributed by atoms with E-state index in [4.69, 9.17) is 14.6 Å². The highest BCUT2D eigenvalue weighted by Gasteiger charge is 2.30. The molecule has 1 unspecified atom stereocenters. The van der Waals surface area contributed by atoms with Gasteiger partial charge in [-0.1, -0.05) is 0 Å². The number of hydrogen-bond acceptors (Lipinski definition) is 5. The average molecular weight is 380 g/mol. The third-order valence-corrected chi connectivity index (χ3v) is 4.92. The number of methoxy groups -OCH3 is 1. The van der Waals surface area contributed by atoms with Crippen LogP contribution in [0.5, 0.6) is 0 Å². The molecule has 0 saturated carbocycles. The molecule has 2 N–H and O–H groups in total. The summed E-state index contributed by atoms with van der Waals surface area (Å²) in [6.07, 6.45) is 6.53. The number of hydrogen-bond donors (Lipinski definition) is 2. The number of nitrogens with zero attached hydrogens (tertiary/aromatic N) is 3. The molecule has 1 saturated heterocycles. The van der Waals surface area contributed by atoms with Crippen molar-refractivity contribution in [3.05, 3.63) is 17.7 Å². The molecule has 0 spiro atoms. The Morgan fingerprint density at radius 1 is 1.37 bits per heavy atom. The standard InChI is InChI=1S/C17H26N4O3.CH2O2/c1-24-10-7-18-16(22)13-5-6-14-15(19-12-21(14)11-13)17(23)20-8-3-2-4-9-20;2-1-3/h12-13H,2-11H2,1H3,(H,18,22);1H,(H,2,3). The third kappa shape index (κ3) is 5.53. The van der Waals surface area contributed by atoms with Crippen LogP contribution in [0.25, 0.3) is 0 Å². The summed E-state index contributed by atoms with van der Waals surface area (Å²) >= 11 is 0. The number of ether oxygens (including phenoxy) is 1. The first-order valence-corrected chi connectivity index (χ1v) is 9.30. The lowest BCUT2D eigenvalue weighted by molar-refractivity contribution is -0.126. The van der Waals surface area contributed by atoms with Gasteiger partial charge in [0.2, 0.25) is 5.91 Å². The maximum atomic E-state index is 12.7. The Kier molecular flexibility index (Phi) is 8.25. The number of aromatic nitrogens is 2. The molecule has 0 aromatic carbocycles. The van der Waals surface area contributed by atoms with E-state index >= 15 is 0 Å². The van der Waals surface area contributed by atoms with Crippen LogP contribution in [0.3, 0.4) is 0 Å². The number of fused-ring (bicyclic) bond motifs is 1. The summed E-state index contributed by atoms with van der Waals surface area (Å²) in [5.74, 6) is 0.0308. The Balaban J connectivity index is 0.000000817. The minimum atomic E-state index is -0.250. The summed E-state index contributed by atoms with van der Waals surface area (Å²) in [7, 11) is 1.62. The van der Waals surface area contributed by atoms with Crippen LogP contribution < -0.4 is 5.32 Å². The van der Waals surface area contributed by atoms with Crippen molar-refractivity contribution < 1.29 is 24.2 Å².